The van der Waals surface area contributed by atoms with Gasteiger partial charge in [0.25, 0.3) is 11.5 Å². The number of nitriles is 1. The van der Waals surface area contributed by atoms with Gasteiger partial charge in [0.1, 0.15) is 34.4 Å². The van der Waals surface area contributed by atoms with Crippen LogP contribution >= 0.6 is 0 Å². The maximum atomic E-state index is 13.3. The van der Waals surface area contributed by atoms with Crippen molar-refractivity contribution in [1.29, 1.82) is 5.26 Å². The Morgan fingerprint density at radius 2 is 1.80 bits per heavy atom. The zero-order valence-corrected chi connectivity index (χ0v) is 19.4. The number of aromatic nitrogens is 2. The van der Waals surface area contributed by atoms with Crippen LogP contribution in [-0.4, -0.2) is 22.4 Å². The van der Waals surface area contributed by atoms with Crippen molar-refractivity contribution in [3.63, 3.8) is 0 Å². The molecule has 0 atom stereocenters. The van der Waals surface area contributed by atoms with E-state index in [1.807, 2.05) is 38.1 Å². The van der Waals surface area contributed by atoms with Gasteiger partial charge in [-0.05, 0) is 67.4 Å². The van der Waals surface area contributed by atoms with Crippen LogP contribution < -0.4 is 20.3 Å². The summed E-state index contributed by atoms with van der Waals surface area (Å²) in [4.78, 5) is 30.7. The smallest absolute Gasteiger partial charge is 0.269 e. The van der Waals surface area contributed by atoms with Crippen LogP contribution in [0.2, 0.25) is 0 Å². The van der Waals surface area contributed by atoms with Gasteiger partial charge in [-0.2, -0.15) is 10.2 Å². The Morgan fingerprint density at radius 3 is 2.51 bits per heavy atom. The molecular formula is C27H22N4O4. The molecule has 2 aromatic carbocycles. The summed E-state index contributed by atoms with van der Waals surface area (Å²) in [5, 5.41) is 12.4. The van der Waals surface area contributed by atoms with Gasteiger partial charge in [0.05, 0.1) is 12.8 Å². The average Bonchev–Trinajstić information content (AvgIpc) is 2.83. The fourth-order valence-corrected chi connectivity index (χ4v) is 3.62. The number of ether oxygens (including phenoxy) is 2. The summed E-state index contributed by atoms with van der Waals surface area (Å²) in [5.74, 6) is 0.210. The van der Waals surface area contributed by atoms with Crippen LogP contribution in [0.4, 0.5) is 5.69 Å². The van der Waals surface area contributed by atoms with E-state index in [-0.39, 0.29) is 17.0 Å². The third-order valence-corrected chi connectivity index (χ3v) is 5.15. The number of carbonyl (C=O) groups is 1. The normalized spacial score (nSPS) is 11.1. The summed E-state index contributed by atoms with van der Waals surface area (Å²) in [5.41, 5.74) is 1.91. The number of pyridine rings is 1. The largest absolute Gasteiger partial charge is 0.495 e. The first-order valence-electron chi connectivity index (χ1n) is 10.7. The van der Waals surface area contributed by atoms with Gasteiger partial charge in [0.15, 0.2) is 0 Å². The van der Waals surface area contributed by atoms with Gasteiger partial charge >= 0.3 is 0 Å². The van der Waals surface area contributed by atoms with Gasteiger partial charge in [-0.1, -0.05) is 24.3 Å². The van der Waals surface area contributed by atoms with E-state index in [0.29, 0.717) is 22.8 Å². The van der Waals surface area contributed by atoms with Gasteiger partial charge < -0.3 is 14.8 Å². The van der Waals surface area contributed by atoms with Crippen molar-refractivity contribution in [1.82, 2.24) is 9.38 Å². The Bertz CT molecular complexity index is 1540. The van der Waals surface area contributed by atoms with Gasteiger partial charge in [-0.25, -0.2) is 0 Å². The average molecular weight is 466 g/mol. The molecule has 2 aromatic heterocycles. The van der Waals surface area contributed by atoms with Gasteiger partial charge in [0.2, 0.25) is 5.88 Å². The highest BCUT2D eigenvalue weighted by Gasteiger charge is 2.18. The number of fused-ring (bicyclic) bond motifs is 1. The van der Waals surface area contributed by atoms with E-state index in [0.717, 1.165) is 11.1 Å². The van der Waals surface area contributed by atoms with E-state index in [1.54, 1.807) is 48.7 Å². The molecule has 0 aliphatic rings. The molecule has 1 N–H and O–H groups in total. The van der Waals surface area contributed by atoms with Crippen molar-refractivity contribution < 1.29 is 14.3 Å². The summed E-state index contributed by atoms with van der Waals surface area (Å²) in [6, 6.07) is 19.4. The Kier molecular flexibility index (Phi) is 6.60. The molecular weight excluding hydrogens is 444 g/mol. The third kappa shape index (κ3) is 5.04. The first-order valence-corrected chi connectivity index (χ1v) is 10.7. The number of rotatable bonds is 6. The van der Waals surface area contributed by atoms with Crippen LogP contribution in [0, 0.1) is 25.2 Å². The number of benzene rings is 2. The monoisotopic (exact) mass is 466 g/mol. The lowest BCUT2D eigenvalue weighted by atomic mass is 10.1. The molecule has 8 heteroatoms. The van der Waals surface area contributed by atoms with E-state index in [1.165, 1.54) is 17.6 Å². The minimum atomic E-state index is -0.702. The number of para-hydroxylation sites is 2. The molecule has 174 valence electrons. The fraction of sp³-hybridized carbons (Fsp3) is 0.111. The topological polar surface area (TPSA) is 106 Å². The molecule has 0 radical (unpaired) electrons. The molecule has 0 aliphatic carbocycles. The Balaban J connectivity index is 1.82. The zero-order chi connectivity index (χ0) is 24.9. The minimum Gasteiger partial charge on any atom is -0.495 e. The highest BCUT2D eigenvalue weighted by Crippen LogP contribution is 2.27. The first-order chi connectivity index (χ1) is 16.9. The van der Waals surface area contributed by atoms with E-state index >= 15 is 0 Å². The summed E-state index contributed by atoms with van der Waals surface area (Å²) in [6.07, 6.45) is 2.75. The summed E-state index contributed by atoms with van der Waals surface area (Å²) in [6.45, 7) is 3.86. The molecule has 0 fully saturated rings. The molecule has 35 heavy (non-hydrogen) atoms. The van der Waals surface area contributed by atoms with Gasteiger partial charge in [-0.3, -0.25) is 14.0 Å². The number of aryl methyl sites for hydroxylation is 2. The van der Waals surface area contributed by atoms with Crippen LogP contribution in [-0.2, 0) is 4.79 Å². The van der Waals surface area contributed by atoms with Crippen LogP contribution in [0.1, 0.15) is 16.7 Å². The van der Waals surface area contributed by atoms with Gasteiger partial charge in [-0.15, -0.1) is 0 Å². The summed E-state index contributed by atoms with van der Waals surface area (Å²) >= 11 is 0. The second-order valence-corrected chi connectivity index (χ2v) is 7.81. The predicted molar refractivity (Wildman–Crippen MR) is 133 cm³/mol. The zero-order valence-electron chi connectivity index (χ0n) is 19.4. The van der Waals surface area contributed by atoms with Crippen molar-refractivity contribution in [2.45, 2.75) is 13.8 Å². The van der Waals surface area contributed by atoms with Crippen molar-refractivity contribution in [2.75, 3.05) is 12.4 Å². The number of amides is 1. The molecule has 0 aliphatic heterocycles. The molecule has 2 heterocycles. The van der Waals surface area contributed by atoms with E-state index in [2.05, 4.69) is 10.3 Å². The highest BCUT2D eigenvalue weighted by atomic mass is 16.5. The molecule has 8 nitrogen and oxygen atoms in total. The third-order valence-electron chi connectivity index (χ3n) is 5.15. The number of hydrogen-bond acceptors (Lipinski definition) is 6. The number of hydrogen-bond donors (Lipinski definition) is 1. The molecule has 0 unspecified atom stereocenters. The fourth-order valence-electron chi connectivity index (χ4n) is 3.62. The lowest BCUT2D eigenvalue weighted by Crippen LogP contribution is -2.20. The standard InChI is InChI=1S/C27H22N4O4/c1-17-12-18(2)14-20(13-17)35-26-21(27(33)31-11-7-6-10-24(31)30-26)15-19(16-28)25(32)29-22-8-4-5-9-23(22)34-3/h4-15H,1-3H3,(H,29,32)/b19-15-. The molecule has 4 aromatic rings. The number of methoxy groups -OCH3 is 1. The number of nitrogens with zero attached hydrogens (tertiary/aromatic N) is 3. The molecule has 0 spiro atoms. The summed E-state index contributed by atoms with van der Waals surface area (Å²) < 4.78 is 12.6. The highest BCUT2D eigenvalue weighted by molar-refractivity contribution is 6.10. The number of anilines is 1. The van der Waals surface area contributed by atoms with Crippen molar-refractivity contribution in [3.8, 4) is 23.4 Å². The second kappa shape index (κ2) is 9.93. The molecule has 1 amide bonds. The molecule has 0 saturated carbocycles. The van der Waals surface area contributed by atoms with Crippen molar-refractivity contribution >= 4 is 23.3 Å². The minimum absolute atomic E-state index is 0.0101. The van der Waals surface area contributed by atoms with E-state index in [4.69, 9.17) is 9.47 Å². The second-order valence-electron chi connectivity index (χ2n) is 7.81. The Morgan fingerprint density at radius 1 is 1.09 bits per heavy atom. The molecule has 4 rings (SSSR count). The Hall–Kier alpha value is -4.90. The first kappa shape index (κ1) is 23.3. The molecule has 0 saturated heterocycles. The van der Waals surface area contributed by atoms with Crippen molar-refractivity contribution in [2.24, 2.45) is 0 Å². The van der Waals surface area contributed by atoms with Crippen LogP contribution in [0.5, 0.6) is 17.4 Å². The number of nitrogens with one attached hydrogen (secondary N) is 1. The van der Waals surface area contributed by atoms with Crippen LogP contribution in [0.3, 0.4) is 0 Å². The van der Waals surface area contributed by atoms with Gasteiger partial charge in [0, 0.05) is 6.20 Å². The van der Waals surface area contributed by atoms with Crippen LogP contribution in [0.15, 0.2) is 77.2 Å². The maximum absolute atomic E-state index is 13.3. The lowest BCUT2D eigenvalue weighted by molar-refractivity contribution is -0.112. The quantitative estimate of drug-likeness (QED) is 0.327. The maximum Gasteiger partial charge on any atom is 0.269 e. The number of carbonyl (C=O) groups excluding carboxylic acids is 1. The van der Waals surface area contributed by atoms with E-state index in [9.17, 15) is 14.9 Å². The SMILES string of the molecule is COc1ccccc1NC(=O)/C(C#N)=C\c1c(Oc2cc(C)cc(C)c2)nc2ccccn2c1=O. The van der Waals surface area contributed by atoms with E-state index < -0.39 is 11.5 Å². The predicted octanol–water partition coefficient (Wildman–Crippen LogP) is 4.66. The molecule has 0 bridgehead atoms. The lowest BCUT2D eigenvalue weighted by Gasteiger charge is -2.12. The van der Waals surface area contributed by atoms with Crippen LogP contribution in [0.25, 0.3) is 11.7 Å². The van der Waals surface area contributed by atoms with Crippen molar-refractivity contribution in [3.05, 3.63) is 99.5 Å². The Labute approximate surface area is 201 Å². The summed E-state index contributed by atoms with van der Waals surface area (Å²) in [7, 11) is 1.48.